The lowest BCUT2D eigenvalue weighted by atomic mass is 9.89. The van der Waals surface area contributed by atoms with Gasteiger partial charge in [0, 0.05) is 31.1 Å². The van der Waals surface area contributed by atoms with Gasteiger partial charge in [0.15, 0.2) is 5.76 Å². The average Bonchev–Trinajstić information content (AvgIpc) is 3.57. The molecule has 1 N–H and O–H groups in total. The Morgan fingerprint density at radius 3 is 2.82 bits per heavy atom. The molecule has 3 aromatic heterocycles. The molecule has 1 fully saturated rings. The highest BCUT2D eigenvalue weighted by Crippen LogP contribution is 2.39. The van der Waals surface area contributed by atoms with Crippen molar-refractivity contribution in [3.05, 3.63) is 40.1 Å². The fraction of sp³-hybridized carbons (Fsp3) is 0.417. The van der Waals surface area contributed by atoms with Gasteiger partial charge in [-0.3, -0.25) is 9.69 Å². The van der Waals surface area contributed by atoms with E-state index in [1.807, 2.05) is 4.90 Å². The number of fused-ring (bicyclic) bond motifs is 1. The molecular formula is C24H24N6O3S. The van der Waals surface area contributed by atoms with Gasteiger partial charge in [-0.15, -0.1) is 11.3 Å². The summed E-state index contributed by atoms with van der Waals surface area (Å²) >= 11 is 1.54. The van der Waals surface area contributed by atoms with Gasteiger partial charge in [-0.2, -0.15) is 15.5 Å². The third kappa shape index (κ3) is 4.30. The fourth-order valence-electron chi connectivity index (χ4n) is 4.54. The highest BCUT2D eigenvalue weighted by Gasteiger charge is 2.28. The van der Waals surface area contributed by atoms with Gasteiger partial charge in [-0.05, 0) is 42.9 Å². The third-order valence-electron chi connectivity index (χ3n) is 6.35. The summed E-state index contributed by atoms with van der Waals surface area (Å²) < 4.78 is 11.2. The van der Waals surface area contributed by atoms with Crippen molar-refractivity contribution in [2.24, 2.45) is 5.92 Å². The zero-order chi connectivity index (χ0) is 23.7. The first-order valence-corrected chi connectivity index (χ1v) is 12.1. The lowest BCUT2D eigenvalue weighted by Gasteiger charge is -2.33. The summed E-state index contributed by atoms with van der Waals surface area (Å²) in [6, 6.07) is 7.86. The molecule has 10 heteroatoms. The number of hydrogen-bond donors (Lipinski definition) is 1. The Kier molecular flexibility index (Phi) is 6.10. The summed E-state index contributed by atoms with van der Waals surface area (Å²) in [7, 11) is 0. The minimum atomic E-state index is -0.117. The molecule has 1 saturated heterocycles. The van der Waals surface area contributed by atoms with Crippen LogP contribution in [0.3, 0.4) is 0 Å². The van der Waals surface area contributed by atoms with E-state index in [0.717, 1.165) is 24.8 Å². The van der Waals surface area contributed by atoms with Crippen molar-refractivity contribution in [1.29, 1.82) is 10.5 Å². The Bertz CT molecular complexity index is 1270. The van der Waals surface area contributed by atoms with E-state index in [1.54, 1.807) is 23.5 Å². The zero-order valence-electron chi connectivity index (χ0n) is 18.8. The SMILES string of the molecule is CC1CCc2c(sc(NC(=O)CN3CCN(c4oc(-c5ccco5)nc4C#N)CC3)c2C#N)C1. The number of furan rings is 1. The number of carbonyl (C=O) groups excluding carboxylic acids is 1. The zero-order valence-corrected chi connectivity index (χ0v) is 19.7. The van der Waals surface area contributed by atoms with Gasteiger partial charge in [0.2, 0.25) is 17.5 Å². The van der Waals surface area contributed by atoms with Crippen LogP contribution in [0.4, 0.5) is 10.9 Å². The lowest BCUT2D eigenvalue weighted by Crippen LogP contribution is -2.48. The topological polar surface area (TPSA) is 122 Å². The number of oxazole rings is 1. The van der Waals surface area contributed by atoms with E-state index in [9.17, 15) is 15.3 Å². The van der Waals surface area contributed by atoms with Gasteiger partial charge >= 0.3 is 0 Å². The Hall–Kier alpha value is -3.60. The molecule has 0 radical (unpaired) electrons. The van der Waals surface area contributed by atoms with Gasteiger partial charge < -0.3 is 19.1 Å². The Balaban J connectivity index is 1.20. The van der Waals surface area contributed by atoms with Gasteiger partial charge in [0.05, 0.1) is 18.4 Å². The van der Waals surface area contributed by atoms with Crippen LogP contribution < -0.4 is 10.2 Å². The first kappa shape index (κ1) is 22.2. The van der Waals surface area contributed by atoms with Crippen molar-refractivity contribution in [2.45, 2.75) is 26.2 Å². The van der Waals surface area contributed by atoms with E-state index in [-0.39, 0.29) is 24.0 Å². The van der Waals surface area contributed by atoms with E-state index < -0.39 is 0 Å². The molecule has 4 heterocycles. The van der Waals surface area contributed by atoms with E-state index >= 15 is 0 Å². The molecule has 1 atom stereocenters. The molecular weight excluding hydrogens is 452 g/mol. The van der Waals surface area contributed by atoms with Crippen LogP contribution in [-0.2, 0) is 17.6 Å². The summed E-state index contributed by atoms with van der Waals surface area (Å²) in [5.74, 6) is 1.67. The Morgan fingerprint density at radius 2 is 2.12 bits per heavy atom. The number of nitrogens with one attached hydrogen (secondary N) is 1. The molecule has 0 aromatic carbocycles. The predicted molar refractivity (Wildman–Crippen MR) is 126 cm³/mol. The van der Waals surface area contributed by atoms with E-state index in [2.05, 4.69) is 34.3 Å². The van der Waals surface area contributed by atoms with Gasteiger partial charge in [0.1, 0.15) is 17.1 Å². The number of piperazine rings is 1. The van der Waals surface area contributed by atoms with Crippen LogP contribution in [-0.4, -0.2) is 48.5 Å². The third-order valence-corrected chi connectivity index (χ3v) is 7.52. The molecule has 1 amide bonds. The maximum absolute atomic E-state index is 12.8. The molecule has 174 valence electrons. The Morgan fingerprint density at radius 1 is 1.29 bits per heavy atom. The summed E-state index contributed by atoms with van der Waals surface area (Å²) in [6.45, 7) is 4.95. The minimum Gasteiger partial charge on any atom is -0.459 e. The molecule has 0 spiro atoms. The number of hydrogen-bond acceptors (Lipinski definition) is 9. The Labute approximate surface area is 201 Å². The van der Waals surface area contributed by atoms with E-state index in [0.29, 0.717) is 54.3 Å². The van der Waals surface area contributed by atoms with Crippen molar-refractivity contribution >= 4 is 28.1 Å². The van der Waals surface area contributed by atoms with Gasteiger partial charge in [-0.25, -0.2) is 0 Å². The molecule has 1 aliphatic heterocycles. The average molecular weight is 477 g/mol. The normalized spacial score (nSPS) is 18.2. The number of aromatic nitrogens is 1. The second-order valence-electron chi connectivity index (χ2n) is 8.74. The van der Waals surface area contributed by atoms with Crippen LogP contribution in [0.1, 0.15) is 35.0 Å². The quantitative estimate of drug-likeness (QED) is 0.592. The van der Waals surface area contributed by atoms with E-state index in [1.165, 1.54) is 11.1 Å². The van der Waals surface area contributed by atoms with Crippen LogP contribution in [0.2, 0.25) is 0 Å². The van der Waals surface area contributed by atoms with Crippen molar-refractivity contribution in [3.63, 3.8) is 0 Å². The van der Waals surface area contributed by atoms with Gasteiger partial charge in [0.25, 0.3) is 5.89 Å². The molecule has 0 saturated carbocycles. The van der Waals surface area contributed by atoms with Crippen LogP contribution in [0, 0.1) is 28.6 Å². The van der Waals surface area contributed by atoms with Crippen LogP contribution in [0.15, 0.2) is 27.2 Å². The maximum Gasteiger partial charge on any atom is 0.266 e. The molecule has 9 nitrogen and oxygen atoms in total. The first-order chi connectivity index (χ1) is 16.6. The van der Waals surface area contributed by atoms with Crippen LogP contribution >= 0.6 is 11.3 Å². The number of thiophene rings is 1. The number of nitrogens with zero attached hydrogens (tertiary/aromatic N) is 5. The predicted octanol–water partition coefficient (Wildman–Crippen LogP) is 3.62. The van der Waals surface area contributed by atoms with Crippen molar-refractivity contribution in [2.75, 3.05) is 42.9 Å². The van der Waals surface area contributed by atoms with Crippen LogP contribution in [0.25, 0.3) is 11.7 Å². The second kappa shape index (κ2) is 9.34. The standard InChI is InChI=1S/C24H24N6O3S/c1-15-4-5-16-17(12-25)23(34-20(16)11-15)28-21(31)14-29-6-8-30(9-7-29)24-18(13-26)27-22(33-24)19-3-2-10-32-19/h2-3,10,15H,4-9,11,14H2,1H3,(H,28,31). The second-order valence-corrected chi connectivity index (χ2v) is 9.85. The van der Waals surface area contributed by atoms with Gasteiger partial charge in [-0.1, -0.05) is 6.92 Å². The maximum atomic E-state index is 12.8. The van der Waals surface area contributed by atoms with Crippen molar-refractivity contribution in [1.82, 2.24) is 9.88 Å². The molecule has 1 unspecified atom stereocenters. The van der Waals surface area contributed by atoms with Crippen molar-refractivity contribution in [3.8, 4) is 23.8 Å². The smallest absolute Gasteiger partial charge is 0.266 e. The minimum absolute atomic E-state index is 0.117. The fourth-order valence-corrected chi connectivity index (χ4v) is 5.92. The molecule has 0 bridgehead atoms. The van der Waals surface area contributed by atoms with Crippen molar-refractivity contribution < 1.29 is 13.6 Å². The molecule has 2 aliphatic rings. The number of rotatable bonds is 5. The summed E-state index contributed by atoms with van der Waals surface area (Å²) in [6.07, 6.45) is 4.49. The largest absolute Gasteiger partial charge is 0.459 e. The highest BCUT2D eigenvalue weighted by molar-refractivity contribution is 7.16. The summed E-state index contributed by atoms with van der Waals surface area (Å²) in [4.78, 5) is 22.3. The monoisotopic (exact) mass is 476 g/mol. The summed E-state index contributed by atoms with van der Waals surface area (Å²) in [5, 5.41) is 22.8. The van der Waals surface area contributed by atoms with E-state index in [4.69, 9.17) is 8.83 Å². The number of carbonyl (C=O) groups is 1. The number of nitriles is 2. The molecule has 3 aromatic rings. The molecule has 34 heavy (non-hydrogen) atoms. The van der Waals surface area contributed by atoms with Crippen LogP contribution in [0.5, 0.6) is 0 Å². The molecule has 5 rings (SSSR count). The number of amides is 1. The lowest BCUT2D eigenvalue weighted by molar-refractivity contribution is -0.117. The molecule has 1 aliphatic carbocycles. The summed E-state index contributed by atoms with van der Waals surface area (Å²) in [5.41, 5.74) is 1.97. The number of anilines is 2. The first-order valence-electron chi connectivity index (χ1n) is 11.3. The highest BCUT2D eigenvalue weighted by atomic mass is 32.1.